The zero-order chi connectivity index (χ0) is 21.8. The molecule has 1 aliphatic heterocycles. The van der Waals surface area contributed by atoms with E-state index in [1.165, 1.54) is 23.8 Å². The first-order chi connectivity index (χ1) is 15.0. The molecule has 31 heavy (non-hydrogen) atoms. The molecule has 0 bridgehead atoms. The predicted molar refractivity (Wildman–Crippen MR) is 116 cm³/mol. The summed E-state index contributed by atoms with van der Waals surface area (Å²) in [6, 6.07) is 13.3. The Kier molecular flexibility index (Phi) is 6.22. The lowest BCUT2D eigenvalue weighted by Gasteiger charge is -2.23. The molecule has 4 rings (SSSR count). The molecule has 1 saturated heterocycles. The number of hydrogen-bond donors (Lipinski definition) is 2. The smallest absolute Gasteiger partial charge is 0.318 e. The molecule has 0 spiro atoms. The molecule has 9 heteroatoms. The van der Waals surface area contributed by atoms with Gasteiger partial charge in [-0.2, -0.15) is 0 Å². The van der Waals surface area contributed by atoms with Gasteiger partial charge in [0.15, 0.2) is 0 Å². The van der Waals surface area contributed by atoms with Crippen molar-refractivity contribution < 1.29 is 14.0 Å². The number of urea groups is 1. The Bertz CT molecular complexity index is 1090. The molecule has 3 aromatic rings. The highest BCUT2D eigenvalue weighted by Crippen LogP contribution is 2.33. The molecule has 2 heterocycles. The normalized spacial score (nSPS) is 15.7. The zero-order valence-corrected chi connectivity index (χ0v) is 17.8. The summed E-state index contributed by atoms with van der Waals surface area (Å²) in [5, 5.41) is 14.5. The number of hydrogen-bond acceptors (Lipinski definition) is 5. The molecule has 0 radical (unpaired) electrons. The van der Waals surface area contributed by atoms with E-state index in [1.807, 2.05) is 31.2 Å². The average molecular weight is 440 g/mol. The van der Waals surface area contributed by atoms with Gasteiger partial charge in [0.2, 0.25) is 5.01 Å². The van der Waals surface area contributed by atoms with Crippen LogP contribution in [0.15, 0.2) is 48.5 Å². The van der Waals surface area contributed by atoms with Gasteiger partial charge < -0.3 is 15.5 Å². The van der Waals surface area contributed by atoms with Crippen LogP contribution in [0.5, 0.6) is 0 Å². The molecule has 1 aliphatic rings. The summed E-state index contributed by atoms with van der Waals surface area (Å²) in [7, 11) is 0. The second kappa shape index (κ2) is 9.22. The average Bonchev–Trinajstić information content (AvgIpc) is 3.43. The summed E-state index contributed by atoms with van der Waals surface area (Å²) in [6.45, 7) is 3.08. The Balaban J connectivity index is 1.39. The van der Waals surface area contributed by atoms with Gasteiger partial charge >= 0.3 is 6.03 Å². The number of rotatable bonds is 5. The zero-order valence-electron chi connectivity index (χ0n) is 17.0. The maximum Gasteiger partial charge on any atom is 0.318 e. The van der Waals surface area contributed by atoms with E-state index in [-0.39, 0.29) is 17.1 Å². The van der Waals surface area contributed by atoms with Crippen LogP contribution in [-0.2, 0) is 6.54 Å². The number of aryl methyl sites for hydroxylation is 1. The van der Waals surface area contributed by atoms with Crippen LogP contribution in [0.25, 0.3) is 0 Å². The van der Waals surface area contributed by atoms with Crippen LogP contribution in [0.4, 0.5) is 14.9 Å². The third-order valence-electron chi connectivity index (χ3n) is 5.08. The summed E-state index contributed by atoms with van der Waals surface area (Å²) in [5.41, 5.74) is 2.55. The van der Waals surface area contributed by atoms with Crippen molar-refractivity contribution in [3.8, 4) is 0 Å². The van der Waals surface area contributed by atoms with Crippen molar-refractivity contribution in [2.24, 2.45) is 0 Å². The number of amides is 3. The van der Waals surface area contributed by atoms with Crippen molar-refractivity contribution in [3.05, 3.63) is 75.5 Å². The molecule has 1 atom stereocenters. The summed E-state index contributed by atoms with van der Waals surface area (Å²) >= 11 is 1.15. The summed E-state index contributed by atoms with van der Waals surface area (Å²) in [6.07, 6.45) is 1.62. The molecule has 0 saturated carbocycles. The predicted octanol–water partition coefficient (Wildman–Crippen LogP) is 4.28. The van der Waals surface area contributed by atoms with E-state index in [4.69, 9.17) is 0 Å². The van der Waals surface area contributed by atoms with Crippen molar-refractivity contribution in [1.29, 1.82) is 0 Å². The largest absolute Gasteiger partial charge is 0.334 e. The molecule has 1 unspecified atom stereocenters. The van der Waals surface area contributed by atoms with Crippen molar-refractivity contribution in [1.82, 2.24) is 20.4 Å². The van der Waals surface area contributed by atoms with Crippen LogP contribution in [0.1, 0.15) is 44.8 Å². The molecular formula is C22H22FN5O2S. The number of likely N-dealkylation sites (tertiary alicyclic amines) is 1. The van der Waals surface area contributed by atoms with E-state index >= 15 is 0 Å². The Morgan fingerprint density at radius 2 is 2.00 bits per heavy atom. The maximum absolute atomic E-state index is 13.3. The summed E-state index contributed by atoms with van der Waals surface area (Å²) in [5.74, 6) is -0.892. The first kappa shape index (κ1) is 20.9. The SMILES string of the molecule is Cc1ccc(CNC(=O)N2CCCC2c2nnc(C(=O)Nc3cccc(F)c3)s2)cc1. The monoisotopic (exact) mass is 439 g/mol. The lowest BCUT2D eigenvalue weighted by molar-refractivity contribution is 0.102. The first-order valence-electron chi connectivity index (χ1n) is 10.00. The summed E-state index contributed by atoms with van der Waals surface area (Å²) in [4.78, 5) is 26.9. The van der Waals surface area contributed by atoms with Crippen LogP contribution in [0.3, 0.4) is 0 Å². The molecule has 7 nitrogen and oxygen atoms in total. The van der Waals surface area contributed by atoms with Gasteiger partial charge in [-0.25, -0.2) is 9.18 Å². The van der Waals surface area contributed by atoms with Gasteiger partial charge in [-0.15, -0.1) is 10.2 Å². The van der Waals surface area contributed by atoms with E-state index in [1.54, 1.807) is 11.0 Å². The Hall–Kier alpha value is -3.33. The topological polar surface area (TPSA) is 87.2 Å². The second-order valence-electron chi connectivity index (χ2n) is 7.41. The minimum atomic E-state index is -0.456. The van der Waals surface area contributed by atoms with E-state index in [0.29, 0.717) is 23.8 Å². The van der Waals surface area contributed by atoms with E-state index < -0.39 is 11.7 Å². The van der Waals surface area contributed by atoms with Gasteiger partial charge in [0.05, 0.1) is 6.04 Å². The standard InChI is InChI=1S/C22H22FN5O2S/c1-14-7-9-15(10-8-14)13-24-22(30)28-11-3-6-18(28)20-26-27-21(31-20)19(29)25-17-5-2-4-16(23)12-17/h2,4-5,7-10,12,18H,3,6,11,13H2,1H3,(H,24,30)(H,25,29). The van der Waals surface area contributed by atoms with Gasteiger partial charge in [0, 0.05) is 18.8 Å². The van der Waals surface area contributed by atoms with Crippen molar-refractivity contribution in [2.75, 3.05) is 11.9 Å². The van der Waals surface area contributed by atoms with Crippen LogP contribution in [0.2, 0.25) is 0 Å². The van der Waals surface area contributed by atoms with Gasteiger partial charge in [0.25, 0.3) is 5.91 Å². The number of aromatic nitrogens is 2. The highest BCUT2D eigenvalue weighted by molar-refractivity contribution is 7.13. The fraction of sp³-hybridized carbons (Fsp3) is 0.273. The van der Waals surface area contributed by atoms with Crippen LogP contribution < -0.4 is 10.6 Å². The van der Waals surface area contributed by atoms with E-state index in [0.717, 1.165) is 29.7 Å². The van der Waals surface area contributed by atoms with Crippen molar-refractivity contribution in [3.63, 3.8) is 0 Å². The molecular weight excluding hydrogens is 417 g/mol. The second-order valence-corrected chi connectivity index (χ2v) is 8.41. The fourth-order valence-corrected chi connectivity index (χ4v) is 4.35. The number of nitrogens with one attached hydrogen (secondary N) is 2. The number of halogens is 1. The molecule has 3 amide bonds. The first-order valence-corrected chi connectivity index (χ1v) is 10.8. The lowest BCUT2D eigenvalue weighted by atomic mass is 10.1. The van der Waals surface area contributed by atoms with Crippen LogP contribution in [-0.4, -0.2) is 33.6 Å². The van der Waals surface area contributed by atoms with Crippen LogP contribution in [0, 0.1) is 12.7 Å². The maximum atomic E-state index is 13.3. The molecule has 0 aliphatic carbocycles. The molecule has 1 aromatic heterocycles. The van der Waals surface area contributed by atoms with Gasteiger partial charge in [-0.05, 0) is 43.5 Å². The van der Waals surface area contributed by atoms with E-state index in [9.17, 15) is 14.0 Å². The Morgan fingerprint density at radius 3 is 2.77 bits per heavy atom. The Labute approximate surface area is 183 Å². The van der Waals surface area contributed by atoms with E-state index in [2.05, 4.69) is 20.8 Å². The molecule has 160 valence electrons. The third-order valence-corrected chi connectivity index (χ3v) is 6.10. The third kappa shape index (κ3) is 5.05. The minimum absolute atomic E-state index is 0.163. The number of carbonyl (C=O) groups excluding carboxylic acids is 2. The fourth-order valence-electron chi connectivity index (χ4n) is 3.46. The van der Waals surface area contributed by atoms with Crippen molar-refractivity contribution in [2.45, 2.75) is 32.4 Å². The van der Waals surface area contributed by atoms with Gasteiger partial charge in [-0.1, -0.05) is 47.2 Å². The number of nitrogens with zero attached hydrogens (tertiary/aromatic N) is 3. The van der Waals surface area contributed by atoms with Crippen LogP contribution >= 0.6 is 11.3 Å². The number of carbonyl (C=O) groups is 2. The van der Waals surface area contributed by atoms with Gasteiger partial charge in [-0.3, -0.25) is 4.79 Å². The summed E-state index contributed by atoms with van der Waals surface area (Å²) < 4.78 is 13.3. The van der Waals surface area contributed by atoms with Gasteiger partial charge in [0.1, 0.15) is 10.8 Å². The highest BCUT2D eigenvalue weighted by Gasteiger charge is 2.33. The number of benzene rings is 2. The quantitative estimate of drug-likeness (QED) is 0.621. The molecule has 1 fully saturated rings. The minimum Gasteiger partial charge on any atom is -0.334 e. The highest BCUT2D eigenvalue weighted by atomic mass is 32.1. The Morgan fingerprint density at radius 1 is 1.19 bits per heavy atom. The molecule has 2 aromatic carbocycles. The lowest BCUT2D eigenvalue weighted by Crippen LogP contribution is -2.39. The number of anilines is 1. The molecule has 2 N–H and O–H groups in total. The van der Waals surface area contributed by atoms with Crippen molar-refractivity contribution >= 4 is 29.0 Å².